The van der Waals surface area contributed by atoms with Crippen LogP contribution in [0.4, 0.5) is 4.39 Å². The minimum atomic E-state index is -0.199. The second kappa shape index (κ2) is 13.9. The van der Waals surface area contributed by atoms with Crippen LogP contribution in [-0.2, 0) is 21.8 Å². The molecule has 0 spiro atoms. The minimum absolute atomic E-state index is 0.199. The van der Waals surface area contributed by atoms with Gasteiger partial charge in [-0.3, -0.25) is 0 Å². The van der Waals surface area contributed by atoms with Crippen LogP contribution in [0.5, 0.6) is 0 Å². The average molecular weight is 372 g/mol. The van der Waals surface area contributed by atoms with Gasteiger partial charge in [-0.05, 0) is 42.9 Å². The van der Waals surface area contributed by atoms with Crippen molar-refractivity contribution in [1.29, 1.82) is 0 Å². The van der Waals surface area contributed by atoms with Crippen molar-refractivity contribution < 1.29 is 13.9 Å². The van der Waals surface area contributed by atoms with Gasteiger partial charge in [0.1, 0.15) is 5.82 Å². The highest BCUT2D eigenvalue weighted by Crippen LogP contribution is 2.17. The number of nitrogens with zero attached hydrogens (tertiary/aromatic N) is 1. The average Bonchev–Trinajstić information content (AvgIpc) is 2.60. The number of rotatable bonds is 12. The maximum absolute atomic E-state index is 13.4. The van der Waals surface area contributed by atoms with Crippen LogP contribution in [0.1, 0.15) is 24.5 Å². The smallest absolute Gasteiger partial charge is 0.191 e. The second-order valence-corrected chi connectivity index (χ2v) is 6.29. The van der Waals surface area contributed by atoms with Crippen LogP contribution in [0.25, 0.3) is 0 Å². The Balaban J connectivity index is 2.49. The quantitative estimate of drug-likeness (QED) is 0.336. The molecular formula is C18H30FN3O2S. The summed E-state index contributed by atoms with van der Waals surface area (Å²) in [7, 11) is 1.66. The highest BCUT2D eigenvalue weighted by Gasteiger charge is 2.04. The maximum Gasteiger partial charge on any atom is 0.191 e. The molecule has 0 aliphatic rings. The molecule has 2 N–H and O–H groups in total. The third kappa shape index (κ3) is 9.67. The molecule has 1 aromatic rings. The number of thioether (sulfide) groups is 1. The van der Waals surface area contributed by atoms with Gasteiger partial charge in [-0.2, -0.15) is 11.8 Å². The van der Waals surface area contributed by atoms with Crippen molar-refractivity contribution in [2.24, 2.45) is 4.99 Å². The molecule has 0 fully saturated rings. The first-order valence-electron chi connectivity index (χ1n) is 8.56. The predicted molar refractivity (Wildman–Crippen MR) is 104 cm³/mol. The van der Waals surface area contributed by atoms with Crippen LogP contribution >= 0.6 is 11.8 Å². The molecule has 5 nitrogen and oxygen atoms in total. The third-order valence-electron chi connectivity index (χ3n) is 3.41. The van der Waals surface area contributed by atoms with Gasteiger partial charge in [0, 0.05) is 32.6 Å². The standard InChI is InChI=1S/C18H30FN3O2S/c1-4-20-18(21-8-5-9-24-11-10-23-2)22-13-15-6-7-17(19)12-16(15)14-25-3/h6-7,12H,4-5,8-11,13-14H2,1-3H3,(H2,20,21,22). The molecule has 25 heavy (non-hydrogen) atoms. The molecule has 0 saturated heterocycles. The Morgan fingerprint density at radius 3 is 2.76 bits per heavy atom. The molecule has 142 valence electrons. The summed E-state index contributed by atoms with van der Waals surface area (Å²) in [5, 5.41) is 6.52. The summed E-state index contributed by atoms with van der Waals surface area (Å²) < 4.78 is 23.8. The van der Waals surface area contributed by atoms with Crippen LogP contribution in [0.2, 0.25) is 0 Å². The molecule has 0 unspecified atom stereocenters. The van der Waals surface area contributed by atoms with E-state index in [4.69, 9.17) is 9.47 Å². The van der Waals surface area contributed by atoms with E-state index in [9.17, 15) is 4.39 Å². The summed E-state index contributed by atoms with van der Waals surface area (Å²) in [6.07, 6.45) is 2.90. The van der Waals surface area contributed by atoms with Gasteiger partial charge in [-0.25, -0.2) is 9.38 Å². The van der Waals surface area contributed by atoms with E-state index in [-0.39, 0.29) is 5.82 Å². The first-order valence-corrected chi connectivity index (χ1v) is 9.95. The summed E-state index contributed by atoms with van der Waals surface area (Å²) in [4.78, 5) is 4.61. The largest absolute Gasteiger partial charge is 0.382 e. The molecule has 7 heteroatoms. The zero-order valence-corrected chi connectivity index (χ0v) is 16.3. The van der Waals surface area contributed by atoms with Crippen molar-refractivity contribution in [3.8, 4) is 0 Å². The van der Waals surface area contributed by atoms with Gasteiger partial charge in [-0.15, -0.1) is 0 Å². The first kappa shape index (κ1) is 21.7. The number of guanidine groups is 1. The molecule has 0 bridgehead atoms. The summed E-state index contributed by atoms with van der Waals surface area (Å²) in [5.41, 5.74) is 2.05. The lowest BCUT2D eigenvalue weighted by Crippen LogP contribution is -2.38. The van der Waals surface area contributed by atoms with Gasteiger partial charge in [0.25, 0.3) is 0 Å². The molecule has 0 radical (unpaired) electrons. The van der Waals surface area contributed by atoms with E-state index < -0.39 is 0 Å². The fourth-order valence-corrected chi connectivity index (χ4v) is 2.75. The van der Waals surface area contributed by atoms with Gasteiger partial charge in [0.05, 0.1) is 19.8 Å². The van der Waals surface area contributed by atoms with Crippen molar-refractivity contribution in [3.05, 3.63) is 35.1 Å². The Hall–Kier alpha value is -1.31. The Labute approximate surface area is 154 Å². The summed E-state index contributed by atoms with van der Waals surface area (Å²) in [5.74, 6) is 1.35. The molecular weight excluding hydrogens is 341 g/mol. The van der Waals surface area contributed by atoms with Crippen molar-refractivity contribution in [1.82, 2.24) is 10.6 Å². The zero-order valence-electron chi connectivity index (χ0n) is 15.4. The SMILES string of the molecule is CCNC(=NCc1ccc(F)cc1CSC)NCCCOCCOC. The van der Waals surface area contributed by atoms with Crippen molar-refractivity contribution in [2.75, 3.05) is 46.3 Å². The van der Waals surface area contributed by atoms with Gasteiger partial charge in [-0.1, -0.05) is 6.07 Å². The fraction of sp³-hybridized carbons (Fsp3) is 0.611. The summed E-state index contributed by atoms with van der Waals surface area (Å²) in [6.45, 7) is 6.04. The van der Waals surface area contributed by atoms with E-state index in [2.05, 4.69) is 15.6 Å². The number of methoxy groups -OCH3 is 1. The summed E-state index contributed by atoms with van der Waals surface area (Å²) >= 11 is 1.68. The van der Waals surface area contributed by atoms with Gasteiger partial charge in [0.15, 0.2) is 5.96 Å². The Kier molecular flexibility index (Phi) is 12.1. The fourth-order valence-electron chi connectivity index (χ4n) is 2.17. The van der Waals surface area contributed by atoms with Gasteiger partial charge < -0.3 is 20.1 Å². The number of nitrogens with one attached hydrogen (secondary N) is 2. The lowest BCUT2D eigenvalue weighted by Gasteiger charge is -2.12. The van der Waals surface area contributed by atoms with Crippen LogP contribution in [0.15, 0.2) is 23.2 Å². The number of hydrogen-bond donors (Lipinski definition) is 2. The molecule has 0 aromatic heterocycles. The molecule has 0 aliphatic heterocycles. The predicted octanol–water partition coefficient (Wildman–Crippen LogP) is 2.80. The van der Waals surface area contributed by atoms with Crippen molar-refractivity contribution in [3.63, 3.8) is 0 Å². The lowest BCUT2D eigenvalue weighted by atomic mass is 10.1. The Morgan fingerprint density at radius 2 is 2.04 bits per heavy atom. The monoisotopic (exact) mass is 371 g/mol. The number of halogens is 1. The molecule has 1 aromatic carbocycles. The van der Waals surface area contributed by atoms with E-state index in [0.29, 0.717) is 26.4 Å². The first-order chi connectivity index (χ1) is 12.2. The number of benzene rings is 1. The third-order valence-corrected chi connectivity index (χ3v) is 4.01. The molecule has 1 rings (SSSR count). The highest BCUT2D eigenvalue weighted by atomic mass is 32.2. The molecule has 0 aliphatic carbocycles. The van der Waals surface area contributed by atoms with E-state index in [1.165, 1.54) is 6.07 Å². The topological polar surface area (TPSA) is 54.9 Å². The van der Waals surface area contributed by atoms with Crippen LogP contribution in [0.3, 0.4) is 0 Å². The van der Waals surface area contributed by atoms with E-state index in [1.54, 1.807) is 24.9 Å². The number of hydrogen-bond acceptors (Lipinski definition) is 4. The van der Waals surface area contributed by atoms with Crippen molar-refractivity contribution >= 4 is 17.7 Å². The highest BCUT2D eigenvalue weighted by molar-refractivity contribution is 7.97. The lowest BCUT2D eigenvalue weighted by molar-refractivity contribution is 0.0698. The molecule has 0 amide bonds. The second-order valence-electron chi connectivity index (χ2n) is 5.43. The normalized spacial score (nSPS) is 11.6. The van der Waals surface area contributed by atoms with E-state index in [0.717, 1.165) is 42.3 Å². The van der Waals surface area contributed by atoms with Crippen LogP contribution in [0, 0.1) is 5.82 Å². The Morgan fingerprint density at radius 1 is 1.20 bits per heavy atom. The molecule has 0 saturated carbocycles. The Bertz CT molecular complexity index is 515. The van der Waals surface area contributed by atoms with Crippen LogP contribution < -0.4 is 10.6 Å². The zero-order chi connectivity index (χ0) is 18.3. The van der Waals surface area contributed by atoms with E-state index in [1.807, 2.05) is 19.2 Å². The number of aliphatic imine (C=N–C) groups is 1. The number of ether oxygens (including phenoxy) is 2. The van der Waals surface area contributed by atoms with Crippen molar-refractivity contribution in [2.45, 2.75) is 25.6 Å². The molecule has 0 heterocycles. The van der Waals surface area contributed by atoms with Gasteiger partial charge >= 0.3 is 0 Å². The van der Waals surface area contributed by atoms with E-state index >= 15 is 0 Å². The maximum atomic E-state index is 13.4. The van der Waals surface area contributed by atoms with Gasteiger partial charge in [0.2, 0.25) is 0 Å². The van der Waals surface area contributed by atoms with Crippen LogP contribution in [-0.4, -0.2) is 52.2 Å². The summed E-state index contributed by atoms with van der Waals surface area (Å²) in [6, 6.07) is 4.91. The molecule has 0 atom stereocenters. The minimum Gasteiger partial charge on any atom is -0.382 e.